The Balaban J connectivity index is 1.12. The van der Waals surface area contributed by atoms with Gasteiger partial charge in [-0.1, -0.05) is 48.5 Å². The Morgan fingerprint density at radius 3 is 2.48 bits per heavy atom. The van der Waals surface area contributed by atoms with E-state index in [0.717, 1.165) is 25.3 Å². The van der Waals surface area contributed by atoms with Gasteiger partial charge in [-0.2, -0.15) is 8.42 Å². The van der Waals surface area contributed by atoms with E-state index in [2.05, 4.69) is 9.71 Å². The van der Waals surface area contributed by atoms with E-state index >= 15 is 0 Å². The van der Waals surface area contributed by atoms with Crippen molar-refractivity contribution in [1.29, 1.82) is 0 Å². The number of aliphatic hydroxyl groups excluding tert-OH is 1. The number of amidine groups is 1. The van der Waals surface area contributed by atoms with Crippen LogP contribution in [0.15, 0.2) is 93.4 Å². The number of nitrogens with zero attached hydrogens (tertiary/aromatic N) is 2. The molecule has 2 aliphatic heterocycles. The van der Waals surface area contributed by atoms with Crippen molar-refractivity contribution in [3.05, 3.63) is 107 Å². The molecule has 2 unspecified atom stereocenters. The molecule has 2 fully saturated rings. The minimum atomic E-state index is -4.48. The fraction of sp³-hybridized carbons (Fsp3) is 0.303. The molecule has 2 aliphatic carbocycles. The molecule has 0 radical (unpaired) electrons. The first-order valence-corrected chi connectivity index (χ1v) is 18.4. The van der Waals surface area contributed by atoms with E-state index in [1.807, 2.05) is 4.72 Å². The zero-order valence-corrected chi connectivity index (χ0v) is 27.0. The molecule has 250 valence electrons. The van der Waals surface area contributed by atoms with Crippen LogP contribution in [0.4, 0.5) is 14.9 Å². The van der Waals surface area contributed by atoms with Crippen LogP contribution in [0.3, 0.4) is 0 Å². The van der Waals surface area contributed by atoms with Gasteiger partial charge >= 0.3 is 6.09 Å². The monoisotopic (exact) mass is 694 g/mol. The Morgan fingerprint density at radius 1 is 1.02 bits per heavy atom. The predicted molar refractivity (Wildman–Crippen MR) is 172 cm³/mol. The highest BCUT2D eigenvalue weighted by Gasteiger charge is 2.57. The van der Waals surface area contributed by atoms with Crippen LogP contribution in [0.25, 0.3) is 0 Å². The maximum atomic E-state index is 14.1. The molecule has 3 aromatic carbocycles. The average molecular weight is 695 g/mol. The van der Waals surface area contributed by atoms with Crippen LogP contribution >= 0.6 is 0 Å². The standard InChI is InChI=1S/C33H31FN4O8S2/c34-24-11-6-19(7-12-24)16-38-29-23-10-9-22(15-23)27(29)30(39)28(32(38)40)31-35-25-13-8-21(14-26(25)48(44,45)36-31)18-47(42,43)37-33(41)46-17-20-4-2-1-3-5-20/h1-8,11-14,22-23,27,29,39H,9-10,15-18H2,(H,35,36)(H,37,41)/t22-,23+,27?,29?/m0/s1. The number of hydrogen-bond acceptors (Lipinski definition) is 9. The minimum Gasteiger partial charge on any atom is -0.511 e. The smallest absolute Gasteiger partial charge is 0.421 e. The summed E-state index contributed by atoms with van der Waals surface area (Å²) in [5.41, 5.74) is 1.18. The summed E-state index contributed by atoms with van der Waals surface area (Å²) in [7, 11) is -8.76. The third kappa shape index (κ3) is 6.03. The normalized spacial score (nSPS) is 24.0. The molecule has 0 spiro atoms. The number of benzene rings is 3. The number of amides is 2. The molecule has 0 aromatic heterocycles. The van der Waals surface area contributed by atoms with Crippen LogP contribution in [0, 0.1) is 23.6 Å². The van der Waals surface area contributed by atoms with Crippen molar-refractivity contribution >= 4 is 43.6 Å². The zero-order valence-electron chi connectivity index (χ0n) is 25.4. The molecular formula is C33H31FN4O8S2. The van der Waals surface area contributed by atoms with Gasteiger partial charge in [0.1, 0.15) is 28.7 Å². The second-order valence-electron chi connectivity index (χ2n) is 12.5. The first kappa shape index (κ1) is 31.8. The van der Waals surface area contributed by atoms with Gasteiger partial charge in [-0.3, -0.25) is 4.79 Å². The Hall–Kier alpha value is -4.76. The van der Waals surface area contributed by atoms with Crippen LogP contribution in [0.2, 0.25) is 0 Å². The van der Waals surface area contributed by atoms with Crippen molar-refractivity contribution in [3.8, 4) is 0 Å². The quantitative estimate of drug-likeness (QED) is 0.310. The van der Waals surface area contributed by atoms with Crippen LogP contribution in [-0.2, 0) is 48.5 Å². The minimum absolute atomic E-state index is 0.0321. The van der Waals surface area contributed by atoms with Crippen LogP contribution < -0.4 is 10.0 Å². The van der Waals surface area contributed by atoms with Crippen molar-refractivity contribution in [2.24, 2.45) is 22.2 Å². The number of nitrogens with one attached hydrogen (secondary N) is 2. The molecular weight excluding hydrogens is 664 g/mol. The number of anilines is 1. The molecule has 15 heteroatoms. The van der Waals surface area contributed by atoms with Crippen LogP contribution in [0.5, 0.6) is 0 Å². The van der Waals surface area contributed by atoms with Crippen molar-refractivity contribution < 1.29 is 40.7 Å². The number of ether oxygens (including phenoxy) is 1. The number of carbonyl (C=O) groups is 2. The number of carbonyl (C=O) groups excluding carboxylic acids is 2. The second kappa shape index (κ2) is 12.0. The fourth-order valence-electron chi connectivity index (χ4n) is 7.37. The summed E-state index contributed by atoms with van der Waals surface area (Å²) in [5.74, 6) is -2.39. The molecule has 2 amide bonds. The summed E-state index contributed by atoms with van der Waals surface area (Å²) in [6.45, 7) is -0.00498. The van der Waals surface area contributed by atoms with E-state index in [9.17, 15) is 35.9 Å². The van der Waals surface area contributed by atoms with E-state index in [1.165, 1.54) is 24.3 Å². The van der Waals surface area contributed by atoms with Crippen LogP contribution in [0.1, 0.15) is 36.0 Å². The summed E-state index contributed by atoms with van der Waals surface area (Å²) < 4.78 is 76.7. The highest BCUT2D eigenvalue weighted by atomic mass is 32.2. The Kier molecular flexibility index (Phi) is 7.98. The number of fused-ring (bicyclic) bond motifs is 6. The number of rotatable bonds is 8. The molecule has 2 bridgehead atoms. The van der Waals surface area contributed by atoms with Gasteiger partial charge in [-0.25, -0.2) is 22.3 Å². The second-order valence-corrected chi connectivity index (χ2v) is 15.8. The van der Waals surface area contributed by atoms with Crippen molar-refractivity contribution in [1.82, 2.24) is 9.62 Å². The molecule has 0 saturated heterocycles. The highest BCUT2D eigenvalue weighted by molar-refractivity contribution is 7.90. The highest BCUT2D eigenvalue weighted by Crippen LogP contribution is 2.55. The molecule has 48 heavy (non-hydrogen) atoms. The summed E-state index contributed by atoms with van der Waals surface area (Å²) in [6.07, 6.45) is 1.42. The van der Waals surface area contributed by atoms with Gasteiger partial charge in [-0.15, -0.1) is 4.40 Å². The molecule has 3 aromatic rings. The lowest BCUT2D eigenvalue weighted by molar-refractivity contribution is -0.134. The maximum absolute atomic E-state index is 14.1. The molecule has 2 heterocycles. The van der Waals surface area contributed by atoms with Gasteiger partial charge in [0.25, 0.3) is 15.9 Å². The molecule has 2 saturated carbocycles. The lowest BCUT2D eigenvalue weighted by Crippen LogP contribution is -2.53. The lowest BCUT2D eigenvalue weighted by atomic mass is 9.77. The van der Waals surface area contributed by atoms with Crippen LogP contribution in [-0.4, -0.2) is 50.7 Å². The van der Waals surface area contributed by atoms with E-state index in [0.29, 0.717) is 11.1 Å². The van der Waals surface area contributed by atoms with E-state index in [4.69, 9.17) is 4.74 Å². The summed E-state index contributed by atoms with van der Waals surface area (Å²) in [6, 6.07) is 18.0. The maximum Gasteiger partial charge on any atom is 0.421 e. The predicted octanol–water partition coefficient (Wildman–Crippen LogP) is 4.36. The number of aliphatic hydroxyl groups is 1. The number of halogens is 1. The van der Waals surface area contributed by atoms with Crippen molar-refractivity contribution in [2.45, 2.75) is 49.1 Å². The number of sulfonamides is 2. The molecule has 3 N–H and O–H groups in total. The molecule has 4 atom stereocenters. The topological polar surface area (TPSA) is 172 Å². The zero-order chi connectivity index (χ0) is 33.8. The SMILES string of the molecule is O=C(NS(=O)(=O)Cc1ccc2c(c1)S(=O)(=O)N=C(C1=C(O)C3C([C@@H]4CC[C@H]3C4)N(Cc3ccc(F)cc3)C1=O)N2)OCc1ccccc1. The lowest BCUT2D eigenvalue weighted by Gasteiger charge is -2.44. The van der Waals surface area contributed by atoms with E-state index in [-0.39, 0.29) is 64.3 Å². The van der Waals surface area contributed by atoms with Gasteiger partial charge in [0.15, 0.2) is 5.84 Å². The van der Waals surface area contributed by atoms with Gasteiger partial charge in [0, 0.05) is 18.5 Å². The average Bonchev–Trinajstić information content (AvgIpc) is 3.66. The van der Waals surface area contributed by atoms with Gasteiger partial charge in [0.05, 0.1) is 11.4 Å². The largest absolute Gasteiger partial charge is 0.511 e. The fourth-order valence-corrected chi connectivity index (χ4v) is 9.55. The van der Waals surface area contributed by atoms with E-state index in [1.54, 1.807) is 47.4 Å². The third-order valence-corrected chi connectivity index (χ3v) is 11.9. The Bertz CT molecular complexity index is 2090. The van der Waals surface area contributed by atoms with Crippen molar-refractivity contribution in [2.75, 3.05) is 5.32 Å². The van der Waals surface area contributed by atoms with E-state index < -0.39 is 49.5 Å². The summed E-state index contributed by atoms with van der Waals surface area (Å²) >= 11 is 0. The third-order valence-electron chi connectivity index (χ3n) is 9.38. The first-order chi connectivity index (χ1) is 22.9. The Labute approximate surface area is 276 Å². The molecule has 12 nitrogen and oxygen atoms in total. The summed E-state index contributed by atoms with van der Waals surface area (Å²) in [5, 5.41) is 14.4. The van der Waals surface area contributed by atoms with Crippen molar-refractivity contribution in [3.63, 3.8) is 0 Å². The Morgan fingerprint density at radius 2 is 1.73 bits per heavy atom. The first-order valence-electron chi connectivity index (χ1n) is 15.3. The molecule has 7 rings (SSSR count). The molecule has 4 aliphatic rings. The van der Waals surface area contributed by atoms with Gasteiger partial charge in [-0.05, 0) is 72.1 Å². The summed E-state index contributed by atoms with van der Waals surface area (Å²) in [4.78, 5) is 27.5. The van der Waals surface area contributed by atoms with Gasteiger partial charge in [0.2, 0.25) is 10.0 Å². The number of hydrogen-bond donors (Lipinski definition) is 3. The van der Waals surface area contributed by atoms with Gasteiger partial charge < -0.3 is 20.1 Å².